The standard InChI is InChI=1S/C15H20N4O4S2/c1-23-9-7-16-15(20)11-4-3-8-19(10-11)25(21,22)13-6-2-5-12-14(13)18-24-17-12/h2,5-6,11H,3-4,7-10H2,1H3,(H,16,20)/t11-/m0/s1. The number of methoxy groups -OCH3 is 1. The summed E-state index contributed by atoms with van der Waals surface area (Å²) in [7, 11) is -2.15. The first-order chi connectivity index (χ1) is 12.0. The van der Waals surface area contributed by atoms with Gasteiger partial charge in [0.2, 0.25) is 15.9 Å². The van der Waals surface area contributed by atoms with Gasteiger partial charge in [-0.2, -0.15) is 13.1 Å². The number of hydrogen-bond acceptors (Lipinski definition) is 7. The van der Waals surface area contributed by atoms with Crippen LogP contribution in [0.25, 0.3) is 11.0 Å². The number of aromatic nitrogens is 2. The molecule has 3 rings (SSSR count). The normalized spacial score (nSPS) is 19.2. The summed E-state index contributed by atoms with van der Waals surface area (Å²) in [5, 5.41) is 2.78. The van der Waals surface area contributed by atoms with Gasteiger partial charge >= 0.3 is 0 Å². The molecular formula is C15H20N4O4S2. The predicted octanol–water partition coefficient (Wildman–Crippen LogP) is 0.855. The average Bonchev–Trinajstić information content (AvgIpc) is 3.10. The van der Waals surface area contributed by atoms with Gasteiger partial charge in [0, 0.05) is 26.7 Å². The second-order valence-corrected chi connectivity index (χ2v) is 8.31. The van der Waals surface area contributed by atoms with E-state index in [-0.39, 0.29) is 23.3 Å². The first-order valence-electron chi connectivity index (χ1n) is 8.02. The summed E-state index contributed by atoms with van der Waals surface area (Å²) >= 11 is 0.988. The third kappa shape index (κ3) is 3.81. The maximum atomic E-state index is 13.0. The highest BCUT2D eigenvalue weighted by Gasteiger charge is 2.34. The molecule has 0 radical (unpaired) electrons. The van der Waals surface area contributed by atoms with Gasteiger partial charge in [-0.05, 0) is 25.0 Å². The zero-order valence-corrected chi connectivity index (χ0v) is 15.5. The molecule has 2 aromatic rings. The molecule has 1 N–H and O–H groups in total. The molecule has 0 saturated carbocycles. The van der Waals surface area contributed by atoms with Gasteiger partial charge in [0.25, 0.3) is 0 Å². The molecule has 1 fully saturated rings. The molecule has 1 atom stereocenters. The Hall–Kier alpha value is -1.62. The van der Waals surface area contributed by atoms with Gasteiger partial charge < -0.3 is 10.1 Å². The number of ether oxygens (including phenoxy) is 1. The van der Waals surface area contributed by atoms with E-state index in [2.05, 4.69) is 14.1 Å². The van der Waals surface area contributed by atoms with E-state index in [1.165, 1.54) is 4.31 Å². The minimum absolute atomic E-state index is 0.134. The minimum atomic E-state index is -3.72. The quantitative estimate of drug-likeness (QED) is 0.741. The number of rotatable bonds is 6. The lowest BCUT2D eigenvalue weighted by Gasteiger charge is -2.31. The Labute approximate surface area is 150 Å². The van der Waals surface area contributed by atoms with Crippen molar-refractivity contribution in [2.45, 2.75) is 17.7 Å². The summed E-state index contributed by atoms with van der Waals surface area (Å²) in [6.07, 6.45) is 1.32. The van der Waals surface area contributed by atoms with Gasteiger partial charge in [-0.15, -0.1) is 0 Å². The molecule has 0 spiro atoms. The number of piperidine rings is 1. The molecule has 1 aliphatic heterocycles. The number of nitrogens with one attached hydrogen (secondary N) is 1. The van der Waals surface area contributed by atoms with Gasteiger partial charge in [0.15, 0.2) is 0 Å². The molecule has 10 heteroatoms. The Morgan fingerprint density at radius 1 is 1.44 bits per heavy atom. The Balaban J connectivity index is 1.78. The fraction of sp³-hybridized carbons (Fsp3) is 0.533. The van der Waals surface area contributed by atoms with Crippen molar-refractivity contribution in [2.24, 2.45) is 5.92 Å². The Morgan fingerprint density at radius 3 is 3.08 bits per heavy atom. The highest BCUT2D eigenvalue weighted by molar-refractivity contribution is 7.89. The van der Waals surface area contributed by atoms with Crippen LogP contribution >= 0.6 is 11.7 Å². The number of carbonyl (C=O) groups excluding carboxylic acids is 1. The van der Waals surface area contributed by atoms with Crippen molar-refractivity contribution in [3.8, 4) is 0 Å². The number of benzene rings is 1. The summed E-state index contributed by atoms with van der Waals surface area (Å²) < 4.78 is 40.6. The van der Waals surface area contributed by atoms with Crippen molar-refractivity contribution in [1.29, 1.82) is 0 Å². The Morgan fingerprint density at radius 2 is 2.28 bits per heavy atom. The zero-order chi connectivity index (χ0) is 17.9. The largest absolute Gasteiger partial charge is 0.383 e. The second kappa shape index (κ2) is 7.73. The van der Waals surface area contributed by atoms with Crippen molar-refractivity contribution in [2.75, 3.05) is 33.4 Å². The van der Waals surface area contributed by atoms with Crippen LogP contribution in [0.2, 0.25) is 0 Å². The zero-order valence-electron chi connectivity index (χ0n) is 13.8. The highest BCUT2D eigenvalue weighted by atomic mass is 32.2. The lowest BCUT2D eigenvalue weighted by Crippen LogP contribution is -2.45. The molecule has 1 aliphatic rings. The molecule has 1 saturated heterocycles. The second-order valence-electron chi connectivity index (χ2n) is 5.87. The molecule has 25 heavy (non-hydrogen) atoms. The van der Waals surface area contributed by atoms with Crippen LogP contribution in [-0.2, 0) is 19.6 Å². The van der Waals surface area contributed by atoms with Crippen LogP contribution < -0.4 is 5.32 Å². The molecule has 136 valence electrons. The van der Waals surface area contributed by atoms with E-state index in [9.17, 15) is 13.2 Å². The van der Waals surface area contributed by atoms with Gasteiger partial charge in [0.1, 0.15) is 15.9 Å². The van der Waals surface area contributed by atoms with E-state index >= 15 is 0 Å². The van der Waals surface area contributed by atoms with Crippen LogP contribution in [0, 0.1) is 5.92 Å². The van der Waals surface area contributed by atoms with Gasteiger partial charge in [-0.1, -0.05) is 6.07 Å². The molecule has 2 heterocycles. The summed E-state index contributed by atoms with van der Waals surface area (Å²) in [6.45, 7) is 1.43. The van der Waals surface area contributed by atoms with E-state index in [0.717, 1.165) is 11.7 Å². The molecule has 1 aromatic heterocycles. The molecule has 8 nitrogen and oxygen atoms in total. The van der Waals surface area contributed by atoms with Crippen molar-refractivity contribution in [1.82, 2.24) is 18.4 Å². The van der Waals surface area contributed by atoms with Gasteiger partial charge in [0.05, 0.1) is 24.3 Å². The maximum Gasteiger partial charge on any atom is 0.245 e. The monoisotopic (exact) mass is 384 g/mol. The van der Waals surface area contributed by atoms with Crippen LogP contribution in [0.5, 0.6) is 0 Å². The first-order valence-corrected chi connectivity index (χ1v) is 10.2. The lowest BCUT2D eigenvalue weighted by molar-refractivity contribution is -0.126. The van der Waals surface area contributed by atoms with Crippen molar-refractivity contribution in [3.63, 3.8) is 0 Å². The van der Waals surface area contributed by atoms with E-state index in [1.54, 1.807) is 25.3 Å². The maximum absolute atomic E-state index is 13.0. The SMILES string of the molecule is COCCNC(=O)[C@H]1CCCN(S(=O)(=O)c2cccc3nsnc23)C1. The molecule has 0 aliphatic carbocycles. The molecule has 1 amide bonds. The fourth-order valence-corrected chi connectivity index (χ4v) is 5.20. The van der Waals surface area contributed by atoms with Crippen LogP contribution in [0.15, 0.2) is 23.1 Å². The summed E-state index contributed by atoms with van der Waals surface area (Å²) in [6, 6.07) is 4.94. The fourth-order valence-electron chi connectivity index (χ4n) is 2.92. The number of hydrogen-bond donors (Lipinski definition) is 1. The van der Waals surface area contributed by atoms with E-state index in [4.69, 9.17) is 4.74 Å². The van der Waals surface area contributed by atoms with Crippen LogP contribution in [0.1, 0.15) is 12.8 Å². The van der Waals surface area contributed by atoms with Gasteiger partial charge in [-0.3, -0.25) is 4.79 Å². The number of carbonyl (C=O) groups is 1. The van der Waals surface area contributed by atoms with Crippen molar-refractivity contribution >= 4 is 38.7 Å². The number of fused-ring (bicyclic) bond motifs is 1. The van der Waals surface area contributed by atoms with Crippen molar-refractivity contribution < 1.29 is 17.9 Å². The smallest absolute Gasteiger partial charge is 0.245 e. The Bertz CT molecular complexity index is 852. The third-order valence-corrected chi connectivity index (χ3v) is 6.67. The average molecular weight is 384 g/mol. The summed E-state index contributed by atoms with van der Waals surface area (Å²) in [4.78, 5) is 12.4. The lowest BCUT2D eigenvalue weighted by atomic mass is 9.99. The highest BCUT2D eigenvalue weighted by Crippen LogP contribution is 2.28. The number of nitrogens with zero attached hydrogens (tertiary/aromatic N) is 3. The summed E-state index contributed by atoms with van der Waals surface area (Å²) in [5.41, 5.74) is 0.955. The molecular weight excluding hydrogens is 364 g/mol. The van der Waals surface area contributed by atoms with E-state index < -0.39 is 10.0 Å². The minimum Gasteiger partial charge on any atom is -0.383 e. The van der Waals surface area contributed by atoms with Crippen molar-refractivity contribution in [3.05, 3.63) is 18.2 Å². The van der Waals surface area contributed by atoms with Crippen LogP contribution in [-0.4, -0.2) is 60.7 Å². The predicted molar refractivity (Wildman–Crippen MR) is 93.8 cm³/mol. The topological polar surface area (TPSA) is 101 Å². The van der Waals surface area contributed by atoms with Crippen LogP contribution in [0.3, 0.4) is 0 Å². The summed E-state index contributed by atoms with van der Waals surface area (Å²) in [5.74, 6) is -0.487. The third-order valence-electron chi connectivity index (χ3n) is 4.23. The van der Waals surface area contributed by atoms with Crippen LogP contribution in [0.4, 0.5) is 0 Å². The Kier molecular flexibility index (Phi) is 5.62. The number of sulfonamides is 1. The molecule has 1 aromatic carbocycles. The van der Waals surface area contributed by atoms with E-state index in [0.29, 0.717) is 43.6 Å². The van der Waals surface area contributed by atoms with E-state index in [1.807, 2.05) is 0 Å². The molecule has 0 unspecified atom stereocenters. The molecule has 0 bridgehead atoms. The number of amides is 1. The van der Waals surface area contributed by atoms with Gasteiger partial charge in [-0.25, -0.2) is 8.42 Å². The first kappa shape index (κ1) is 18.2.